The third kappa shape index (κ3) is 3.64. The van der Waals surface area contributed by atoms with E-state index in [9.17, 15) is 8.42 Å². The van der Waals surface area contributed by atoms with Crippen LogP contribution in [0.25, 0.3) is 0 Å². The fourth-order valence-corrected chi connectivity index (χ4v) is 1.97. The zero-order chi connectivity index (χ0) is 11.6. The molecule has 3 nitrogen and oxygen atoms in total. The van der Waals surface area contributed by atoms with E-state index < -0.39 is 16.2 Å². The summed E-state index contributed by atoms with van der Waals surface area (Å²) in [5.74, 6) is 0. The first kappa shape index (κ1) is 12.2. The number of rotatable bonds is 3. The number of hydrogen-bond acceptors (Lipinski definition) is 3. The summed E-state index contributed by atoms with van der Waals surface area (Å²) in [7, 11) is -3.39. The summed E-state index contributed by atoms with van der Waals surface area (Å²) >= 11 is 0. The Bertz CT molecular complexity index is 449. The summed E-state index contributed by atoms with van der Waals surface area (Å²) in [6, 6.07) is 5.80. The Morgan fingerprint density at radius 3 is 2.27 bits per heavy atom. The Kier molecular flexibility index (Phi) is 3.52. The van der Waals surface area contributed by atoms with E-state index in [2.05, 4.69) is 0 Å². The van der Waals surface area contributed by atoms with Crippen LogP contribution < -0.4 is 0 Å². The van der Waals surface area contributed by atoms with E-state index in [1.165, 1.54) is 5.56 Å². The average molecular weight is 228 g/mol. The summed E-state index contributed by atoms with van der Waals surface area (Å²) in [4.78, 5) is 0. The molecule has 0 aliphatic rings. The predicted molar refractivity (Wildman–Crippen MR) is 60.3 cm³/mol. The number of benzene rings is 1. The Labute approximate surface area is 91.2 Å². The van der Waals surface area contributed by atoms with E-state index >= 15 is 0 Å². The van der Waals surface area contributed by atoms with Crippen molar-refractivity contribution in [1.82, 2.24) is 0 Å². The van der Waals surface area contributed by atoms with Gasteiger partial charge < -0.3 is 0 Å². The highest BCUT2D eigenvalue weighted by Gasteiger charge is 2.12. The number of hydrogen-bond donors (Lipinski definition) is 0. The molecular formula is C11H16O3S. The van der Waals surface area contributed by atoms with Crippen molar-refractivity contribution < 1.29 is 12.6 Å². The van der Waals surface area contributed by atoms with Gasteiger partial charge in [0.05, 0.1) is 12.4 Å². The summed E-state index contributed by atoms with van der Waals surface area (Å²) in [5.41, 5.74) is 3.20. The molecule has 0 N–H and O–H groups in total. The molecule has 1 aromatic carbocycles. The van der Waals surface area contributed by atoms with E-state index in [-0.39, 0.29) is 0 Å². The third-order valence-electron chi connectivity index (χ3n) is 2.32. The van der Waals surface area contributed by atoms with Crippen molar-refractivity contribution in [1.29, 1.82) is 0 Å². The van der Waals surface area contributed by atoms with Gasteiger partial charge in [-0.2, -0.15) is 8.42 Å². The Hall–Kier alpha value is -0.870. The van der Waals surface area contributed by atoms with Gasteiger partial charge in [-0.05, 0) is 37.5 Å². The van der Waals surface area contributed by atoms with E-state index in [0.29, 0.717) is 0 Å². The second-order valence-corrected chi connectivity index (χ2v) is 5.39. The van der Waals surface area contributed by atoms with Crippen LogP contribution in [-0.4, -0.2) is 14.7 Å². The van der Waals surface area contributed by atoms with Gasteiger partial charge in [0, 0.05) is 0 Å². The van der Waals surface area contributed by atoms with Gasteiger partial charge >= 0.3 is 0 Å². The van der Waals surface area contributed by atoms with E-state index in [1.807, 2.05) is 32.0 Å². The van der Waals surface area contributed by atoms with Crippen molar-refractivity contribution in [2.75, 3.05) is 6.26 Å². The average Bonchev–Trinajstić information content (AvgIpc) is 2.06. The molecule has 0 radical (unpaired) electrons. The maximum absolute atomic E-state index is 10.9. The molecular weight excluding hydrogens is 212 g/mol. The van der Waals surface area contributed by atoms with Crippen molar-refractivity contribution in [2.45, 2.75) is 26.9 Å². The van der Waals surface area contributed by atoms with Crippen LogP contribution in [0.5, 0.6) is 0 Å². The second kappa shape index (κ2) is 4.33. The van der Waals surface area contributed by atoms with Gasteiger partial charge in [0.25, 0.3) is 10.1 Å². The van der Waals surface area contributed by atoms with Crippen LogP contribution in [0.2, 0.25) is 0 Å². The van der Waals surface area contributed by atoms with Crippen molar-refractivity contribution in [3.05, 3.63) is 34.9 Å². The van der Waals surface area contributed by atoms with E-state index in [0.717, 1.165) is 17.4 Å². The van der Waals surface area contributed by atoms with Gasteiger partial charge in [0.2, 0.25) is 0 Å². The summed E-state index contributed by atoms with van der Waals surface area (Å²) < 4.78 is 26.8. The van der Waals surface area contributed by atoms with Gasteiger partial charge in [0.1, 0.15) is 0 Å². The predicted octanol–water partition coefficient (Wildman–Crippen LogP) is 2.34. The van der Waals surface area contributed by atoms with Crippen LogP contribution >= 0.6 is 0 Å². The second-order valence-electron chi connectivity index (χ2n) is 3.79. The Morgan fingerprint density at radius 1 is 1.20 bits per heavy atom. The SMILES string of the molecule is Cc1ccc(C(C)OS(C)(=O)=O)cc1C. The molecule has 0 saturated heterocycles. The topological polar surface area (TPSA) is 43.4 Å². The molecule has 0 aromatic heterocycles. The lowest BCUT2D eigenvalue weighted by molar-refractivity contribution is 0.236. The highest BCUT2D eigenvalue weighted by atomic mass is 32.2. The van der Waals surface area contributed by atoms with Crippen molar-refractivity contribution in [2.24, 2.45) is 0 Å². The third-order valence-corrected chi connectivity index (χ3v) is 2.96. The lowest BCUT2D eigenvalue weighted by Gasteiger charge is -2.12. The standard InChI is InChI=1S/C11H16O3S/c1-8-5-6-11(7-9(8)2)10(3)14-15(4,12)13/h5-7,10H,1-4H3. The fourth-order valence-electron chi connectivity index (χ4n) is 1.34. The van der Waals surface area contributed by atoms with Crippen LogP contribution in [0.3, 0.4) is 0 Å². The molecule has 1 aromatic rings. The maximum atomic E-state index is 10.9. The first-order chi connectivity index (χ1) is 6.79. The van der Waals surface area contributed by atoms with E-state index in [4.69, 9.17) is 4.18 Å². The molecule has 0 bridgehead atoms. The zero-order valence-corrected chi connectivity index (χ0v) is 10.3. The molecule has 4 heteroatoms. The first-order valence-electron chi connectivity index (χ1n) is 4.75. The molecule has 0 amide bonds. The zero-order valence-electron chi connectivity index (χ0n) is 9.44. The van der Waals surface area contributed by atoms with Gasteiger partial charge in [-0.25, -0.2) is 0 Å². The molecule has 1 rings (SSSR count). The lowest BCUT2D eigenvalue weighted by atomic mass is 10.0. The number of aryl methyl sites for hydroxylation is 2. The lowest BCUT2D eigenvalue weighted by Crippen LogP contribution is -2.07. The van der Waals surface area contributed by atoms with Crippen molar-refractivity contribution in [3.8, 4) is 0 Å². The van der Waals surface area contributed by atoms with Crippen LogP contribution in [0.1, 0.15) is 29.7 Å². The van der Waals surface area contributed by atoms with Crippen LogP contribution in [0, 0.1) is 13.8 Å². The fraction of sp³-hybridized carbons (Fsp3) is 0.455. The highest BCUT2D eigenvalue weighted by molar-refractivity contribution is 7.86. The molecule has 0 fully saturated rings. The van der Waals surface area contributed by atoms with Gasteiger partial charge in [-0.3, -0.25) is 4.18 Å². The van der Waals surface area contributed by atoms with Crippen LogP contribution in [0.4, 0.5) is 0 Å². The van der Waals surface area contributed by atoms with Crippen molar-refractivity contribution >= 4 is 10.1 Å². The largest absolute Gasteiger partial charge is 0.264 e. The molecule has 15 heavy (non-hydrogen) atoms. The molecule has 0 aliphatic heterocycles. The minimum Gasteiger partial charge on any atom is -0.262 e. The molecule has 1 atom stereocenters. The first-order valence-corrected chi connectivity index (χ1v) is 6.56. The summed E-state index contributed by atoms with van der Waals surface area (Å²) in [5, 5.41) is 0. The van der Waals surface area contributed by atoms with E-state index in [1.54, 1.807) is 6.92 Å². The highest BCUT2D eigenvalue weighted by Crippen LogP contribution is 2.21. The van der Waals surface area contributed by atoms with Crippen molar-refractivity contribution in [3.63, 3.8) is 0 Å². The normalized spacial score (nSPS) is 13.9. The molecule has 0 heterocycles. The van der Waals surface area contributed by atoms with Crippen LogP contribution in [0.15, 0.2) is 18.2 Å². The van der Waals surface area contributed by atoms with Crippen LogP contribution in [-0.2, 0) is 14.3 Å². The monoisotopic (exact) mass is 228 g/mol. The van der Waals surface area contributed by atoms with Gasteiger partial charge in [-0.1, -0.05) is 18.2 Å². The molecule has 84 valence electrons. The summed E-state index contributed by atoms with van der Waals surface area (Å²) in [6.07, 6.45) is 0.629. The Morgan fingerprint density at radius 2 is 1.80 bits per heavy atom. The Balaban J connectivity index is 2.92. The molecule has 0 aliphatic carbocycles. The molecule has 0 saturated carbocycles. The molecule has 1 unspecified atom stereocenters. The minimum absolute atomic E-state index is 0.431. The molecule has 0 spiro atoms. The minimum atomic E-state index is -3.39. The smallest absolute Gasteiger partial charge is 0.262 e. The summed E-state index contributed by atoms with van der Waals surface area (Å²) in [6.45, 7) is 5.73. The maximum Gasteiger partial charge on any atom is 0.264 e. The van der Waals surface area contributed by atoms with Gasteiger partial charge in [0.15, 0.2) is 0 Å². The quantitative estimate of drug-likeness (QED) is 0.746. The van der Waals surface area contributed by atoms with Gasteiger partial charge in [-0.15, -0.1) is 0 Å².